The molecule has 1 aromatic rings. The number of hydrogen-bond acceptors (Lipinski definition) is 2. The molecule has 0 bridgehead atoms. The van der Waals surface area contributed by atoms with Gasteiger partial charge in [0.25, 0.3) is 0 Å². The number of benzene rings is 1. The summed E-state index contributed by atoms with van der Waals surface area (Å²) in [5.74, 6) is -0.373. The van der Waals surface area contributed by atoms with Gasteiger partial charge in [-0.3, -0.25) is 9.69 Å². The lowest BCUT2D eigenvalue weighted by Gasteiger charge is -2.19. The maximum Gasteiger partial charge on any atom is 0.324 e. The summed E-state index contributed by atoms with van der Waals surface area (Å²) in [5, 5.41) is 2.77. The zero-order valence-corrected chi connectivity index (χ0v) is 14.0. The number of likely N-dealkylation sites (tertiary alicyclic amines) is 1. The maximum absolute atomic E-state index is 13.4. The molecule has 1 aromatic carbocycles. The molecule has 1 aliphatic rings. The Morgan fingerprint density at radius 3 is 2.91 bits per heavy atom. The molecule has 22 heavy (non-hydrogen) atoms. The minimum absolute atomic E-state index is 0.0926. The second-order valence-electron chi connectivity index (χ2n) is 5.44. The van der Waals surface area contributed by atoms with E-state index >= 15 is 0 Å². The van der Waals surface area contributed by atoms with E-state index in [1.165, 1.54) is 11.0 Å². The van der Waals surface area contributed by atoms with Crippen molar-refractivity contribution in [3.05, 3.63) is 34.1 Å². The van der Waals surface area contributed by atoms with Crippen LogP contribution in [-0.4, -0.2) is 29.9 Å². The number of nitrogens with one attached hydrogen (secondary N) is 1. The van der Waals surface area contributed by atoms with Crippen molar-refractivity contribution in [2.75, 3.05) is 13.1 Å². The van der Waals surface area contributed by atoms with E-state index in [-0.39, 0.29) is 17.8 Å². The first-order valence-corrected chi connectivity index (χ1v) is 8.39. The monoisotopic (exact) mass is 370 g/mol. The molecular formula is C16H20BrFN2O2. The molecular weight excluding hydrogens is 351 g/mol. The second-order valence-corrected chi connectivity index (χ2v) is 6.29. The van der Waals surface area contributed by atoms with Gasteiger partial charge in [-0.25, -0.2) is 9.18 Å². The van der Waals surface area contributed by atoms with Gasteiger partial charge in [0.1, 0.15) is 5.82 Å². The van der Waals surface area contributed by atoms with Gasteiger partial charge in [0.2, 0.25) is 5.91 Å². The Labute approximate surface area is 138 Å². The quantitative estimate of drug-likeness (QED) is 0.822. The number of halogens is 2. The predicted molar refractivity (Wildman–Crippen MR) is 86.0 cm³/mol. The molecule has 0 saturated carbocycles. The molecule has 4 nitrogen and oxygen atoms in total. The Bertz CT molecular complexity index is 551. The van der Waals surface area contributed by atoms with Crippen molar-refractivity contribution < 1.29 is 14.0 Å². The van der Waals surface area contributed by atoms with Gasteiger partial charge in [-0.05, 0) is 59.3 Å². The highest BCUT2D eigenvalue weighted by Crippen LogP contribution is 2.17. The Balaban J connectivity index is 1.74. The van der Waals surface area contributed by atoms with Gasteiger partial charge in [0, 0.05) is 19.5 Å². The zero-order chi connectivity index (χ0) is 15.9. The minimum Gasteiger partial charge on any atom is -0.338 e. The highest BCUT2D eigenvalue weighted by molar-refractivity contribution is 9.10. The van der Waals surface area contributed by atoms with Gasteiger partial charge >= 0.3 is 6.03 Å². The summed E-state index contributed by atoms with van der Waals surface area (Å²) < 4.78 is 13.8. The van der Waals surface area contributed by atoms with E-state index in [0.29, 0.717) is 36.8 Å². The first kappa shape index (κ1) is 16.9. The Morgan fingerprint density at radius 2 is 2.14 bits per heavy atom. The van der Waals surface area contributed by atoms with Crippen LogP contribution in [0.3, 0.4) is 0 Å². The molecule has 1 heterocycles. The van der Waals surface area contributed by atoms with Crippen LogP contribution in [0.25, 0.3) is 0 Å². The standard InChI is InChI=1S/C16H20BrFN2O2/c17-13-8-7-12(11-14(13)18)5-4-9-19-16(22)20-10-3-1-2-6-15(20)21/h7-8,11H,1-6,9-10H2,(H,19,22). The number of nitrogens with zero attached hydrogens (tertiary/aromatic N) is 1. The van der Waals surface area contributed by atoms with Crippen LogP contribution in [-0.2, 0) is 11.2 Å². The molecule has 1 saturated heterocycles. The Hall–Kier alpha value is -1.43. The highest BCUT2D eigenvalue weighted by atomic mass is 79.9. The number of carbonyl (C=O) groups is 2. The number of imide groups is 1. The van der Waals surface area contributed by atoms with Crippen molar-refractivity contribution in [3.8, 4) is 0 Å². The van der Waals surface area contributed by atoms with Crippen LogP contribution < -0.4 is 5.32 Å². The molecule has 120 valence electrons. The molecule has 0 radical (unpaired) electrons. The van der Waals surface area contributed by atoms with Gasteiger partial charge in [0.15, 0.2) is 0 Å². The van der Waals surface area contributed by atoms with E-state index in [9.17, 15) is 14.0 Å². The normalized spacial score (nSPS) is 15.5. The first-order chi connectivity index (χ1) is 10.6. The molecule has 6 heteroatoms. The fourth-order valence-corrected chi connectivity index (χ4v) is 2.72. The van der Waals surface area contributed by atoms with Crippen LogP contribution in [0, 0.1) is 5.82 Å². The van der Waals surface area contributed by atoms with Crippen LogP contribution in [0.1, 0.15) is 37.7 Å². The summed E-state index contributed by atoms with van der Waals surface area (Å²) in [6.07, 6.45) is 4.55. The molecule has 3 amide bonds. The topological polar surface area (TPSA) is 49.4 Å². The largest absolute Gasteiger partial charge is 0.338 e. The SMILES string of the molecule is O=C1CCCCCN1C(=O)NCCCc1ccc(Br)c(F)c1. The fraction of sp³-hybridized carbons (Fsp3) is 0.500. The van der Waals surface area contributed by atoms with Crippen molar-refractivity contribution in [1.82, 2.24) is 10.2 Å². The lowest BCUT2D eigenvalue weighted by atomic mass is 10.1. The van der Waals surface area contributed by atoms with Crippen LogP contribution in [0.4, 0.5) is 9.18 Å². The lowest BCUT2D eigenvalue weighted by Crippen LogP contribution is -2.43. The average Bonchev–Trinajstić information content (AvgIpc) is 2.71. The van der Waals surface area contributed by atoms with Crippen LogP contribution in [0.2, 0.25) is 0 Å². The molecule has 0 unspecified atom stereocenters. The fourth-order valence-electron chi connectivity index (χ4n) is 2.48. The van der Waals surface area contributed by atoms with Crippen molar-refractivity contribution in [2.24, 2.45) is 0 Å². The van der Waals surface area contributed by atoms with Gasteiger partial charge in [-0.1, -0.05) is 12.5 Å². The average molecular weight is 371 g/mol. The van der Waals surface area contributed by atoms with E-state index in [1.54, 1.807) is 6.07 Å². The van der Waals surface area contributed by atoms with Gasteiger partial charge in [-0.15, -0.1) is 0 Å². The van der Waals surface area contributed by atoms with E-state index in [4.69, 9.17) is 0 Å². The Morgan fingerprint density at radius 1 is 1.32 bits per heavy atom. The van der Waals surface area contributed by atoms with E-state index in [1.807, 2.05) is 6.07 Å². The van der Waals surface area contributed by atoms with Crippen LogP contribution in [0.15, 0.2) is 22.7 Å². The number of urea groups is 1. The smallest absolute Gasteiger partial charge is 0.324 e. The molecule has 1 aliphatic heterocycles. The van der Waals surface area contributed by atoms with Crippen molar-refractivity contribution in [1.29, 1.82) is 0 Å². The summed E-state index contributed by atoms with van der Waals surface area (Å²) in [6.45, 7) is 0.975. The van der Waals surface area contributed by atoms with E-state index in [2.05, 4.69) is 21.2 Å². The number of carbonyl (C=O) groups excluding carboxylic acids is 2. The van der Waals surface area contributed by atoms with E-state index in [0.717, 1.165) is 24.8 Å². The summed E-state index contributed by atoms with van der Waals surface area (Å²) in [5.41, 5.74) is 0.890. The van der Waals surface area contributed by atoms with Crippen LogP contribution in [0.5, 0.6) is 0 Å². The third-order valence-corrected chi connectivity index (χ3v) is 4.36. The number of hydrogen-bond donors (Lipinski definition) is 1. The number of amides is 3. The summed E-state index contributed by atoms with van der Waals surface area (Å²) in [4.78, 5) is 25.1. The molecule has 0 aromatic heterocycles. The Kier molecular flexibility index (Phi) is 6.36. The number of aryl methyl sites for hydroxylation is 1. The van der Waals surface area contributed by atoms with Crippen molar-refractivity contribution in [3.63, 3.8) is 0 Å². The molecule has 0 atom stereocenters. The molecule has 1 N–H and O–H groups in total. The molecule has 2 rings (SSSR count). The third-order valence-electron chi connectivity index (χ3n) is 3.72. The minimum atomic E-state index is -0.311. The summed E-state index contributed by atoms with van der Waals surface area (Å²) in [7, 11) is 0. The predicted octanol–water partition coefficient (Wildman–Crippen LogP) is 3.63. The van der Waals surface area contributed by atoms with Gasteiger partial charge in [0.05, 0.1) is 4.47 Å². The molecule has 0 aliphatic carbocycles. The zero-order valence-electron chi connectivity index (χ0n) is 12.4. The second kappa shape index (κ2) is 8.27. The highest BCUT2D eigenvalue weighted by Gasteiger charge is 2.22. The maximum atomic E-state index is 13.4. The van der Waals surface area contributed by atoms with Crippen molar-refractivity contribution >= 4 is 27.9 Å². The van der Waals surface area contributed by atoms with Crippen LogP contribution >= 0.6 is 15.9 Å². The first-order valence-electron chi connectivity index (χ1n) is 7.60. The number of rotatable bonds is 4. The summed E-state index contributed by atoms with van der Waals surface area (Å²) >= 11 is 3.12. The third kappa shape index (κ3) is 4.80. The summed E-state index contributed by atoms with van der Waals surface area (Å²) in [6, 6.07) is 4.71. The van der Waals surface area contributed by atoms with Gasteiger partial charge in [-0.2, -0.15) is 0 Å². The van der Waals surface area contributed by atoms with Gasteiger partial charge < -0.3 is 5.32 Å². The van der Waals surface area contributed by atoms with Crippen molar-refractivity contribution in [2.45, 2.75) is 38.5 Å². The molecule has 0 spiro atoms. The lowest BCUT2D eigenvalue weighted by molar-refractivity contribution is -0.127. The molecule has 1 fully saturated rings. The van der Waals surface area contributed by atoms with E-state index < -0.39 is 0 Å².